The van der Waals surface area contributed by atoms with E-state index in [2.05, 4.69) is 10.7 Å². The Labute approximate surface area is 221 Å². The molecule has 2 heterocycles. The predicted octanol–water partition coefficient (Wildman–Crippen LogP) is 2.13. The molecular formula is C27H36N6O3S. The van der Waals surface area contributed by atoms with Crippen molar-refractivity contribution in [2.45, 2.75) is 62.5 Å². The van der Waals surface area contributed by atoms with Gasteiger partial charge in [0.05, 0.1) is 17.0 Å². The molecule has 2 aromatic rings. The number of likely N-dealkylation sites (tertiary alicyclic amines) is 1. The van der Waals surface area contributed by atoms with Gasteiger partial charge in [-0.05, 0) is 67.8 Å². The number of nitrogens with two attached hydrogens (primary N) is 4. The molecule has 0 saturated carbocycles. The average molecular weight is 525 g/mol. The van der Waals surface area contributed by atoms with E-state index in [9.17, 15) is 9.59 Å². The topological polar surface area (TPSA) is 163 Å². The molecule has 37 heavy (non-hydrogen) atoms. The standard InChI is InChI=1S/C27H36N6O3S/c1-16-15-37-24(32-16)21-9-6-10-33(21)25(35)20-12-18(22(28)34)11-19(13-20)23(29)36-26(30)27(2,31)14-17-7-4-3-5-8-17/h3-5,7-8,11-13,15,21,23-24,26,32H,6,9-10,14,29-31H2,1-2H3,(H2,28,34)/t21-,23?,24?,26?,27?/m1/s1. The Morgan fingerprint density at radius 3 is 2.54 bits per heavy atom. The summed E-state index contributed by atoms with van der Waals surface area (Å²) in [6.45, 7) is 4.44. The van der Waals surface area contributed by atoms with Crippen LogP contribution in [0.4, 0.5) is 0 Å². The van der Waals surface area contributed by atoms with Crippen molar-refractivity contribution in [2.24, 2.45) is 22.9 Å². The van der Waals surface area contributed by atoms with E-state index >= 15 is 0 Å². The maximum absolute atomic E-state index is 13.6. The van der Waals surface area contributed by atoms with Crippen molar-refractivity contribution in [3.8, 4) is 0 Å². The maximum atomic E-state index is 13.6. The summed E-state index contributed by atoms with van der Waals surface area (Å²) in [4.78, 5) is 27.6. The molecule has 1 fully saturated rings. The number of rotatable bonds is 9. The van der Waals surface area contributed by atoms with Gasteiger partial charge in [-0.1, -0.05) is 30.3 Å². The van der Waals surface area contributed by atoms with Gasteiger partial charge < -0.3 is 37.9 Å². The van der Waals surface area contributed by atoms with E-state index < -0.39 is 23.9 Å². The van der Waals surface area contributed by atoms with Crippen LogP contribution in [0.5, 0.6) is 0 Å². The van der Waals surface area contributed by atoms with Crippen molar-refractivity contribution in [1.82, 2.24) is 10.2 Å². The maximum Gasteiger partial charge on any atom is 0.254 e. The molecule has 2 aliphatic heterocycles. The molecule has 0 spiro atoms. The summed E-state index contributed by atoms with van der Waals surface area (Å²) >= 11 is 1.68. The molecular weight excluding hydrogens is 488 g/mol. The first-order valence-electron chi connectivity index (χ1n) is 12.4. The van der Waals surface area contributed by atoms with Crippen LogP contribution in [-0.2, 0) is 11.2 Å². The fraction of sp³-hybridized carbons (Fsp3) is 0.407. The second-order valence-corrected chi connectivity index (χ2v) is 11.1. The molecule has 4 rings (SSSR count). The minimum atomic E-state index is -1.02. The summed E-state index contributed by atoms with van der Waals surface area (Å²) in [5.74, 6) is -0.839. The third-order valence-corrected chi connectivity index (χ3v) is 8.07. The Hall–Kier alpha value is -2.89. The Bertz CT molecular complexity index is 1170. The van der Waals surface area contributed by atoms with Crippen LogP contribution in [0.25, 0.3) is 0 Å². The lowest BCUT2D eigenvalue weighted by Crippen LogP contribution is -2.56. The van der Waals surface area contributed by atoms with Crippen molar-refractivity contribution in [3.63, 3.8) is 0 Å². The molecule has 9 N–H and O–H groups in total. The zero-order chi connectivity index (χ0) is 26.7. The van der Waals surface area contributed by atoms with Gasteiger partial charge in [-0.2, -0.15) is 0 Å². The van der Waals surface area contributed by atoms with Gasteiger partial charge >= 0.3 is 0 Å². The minimum absolute atomic E-state index is 0.0289. The molecule has 0 bridgehead atoms. The molecule has 9 nitrogen and oxygen atoms in total. The summed E-state index contributed by atoms with van der Waals surface area (Å²) < 4.78 is 5.92. The number of amides is 2. The van der Waals surface area contributed by atoms with Crippen molar-refractivity contribution >= 4 is 23.6 Å². The zero-order valence-corrected chi connectivity index (χ0v) is 22.0. The zero-order valence-electron chi connectivity index (χ0n) is 21.2. The Morgan fingerprint density at radius 2 is 1.89 bits per heavy atom. The first-order chi connectivity index (χ1) is 17.5. The Balaban J connectivity index is 1.52. The molecule has 0 radical (unpaired) electrons. The number of nitrogens with zero attached hydrogens (tertiary/aromatic N) is 1. The molecule has 4 unspecified atom stereocenters. The van der Waals surface area contributed by atoms with Gasteiger partial charge in [0.25, 0.3) is 5.91 Å². The van der Waals surface area contributed by atoms with Crippen molar-refractivity contribution in [1.29, 1.82) is 0 Å². The number of nitrogens with one attached hydrogen (secondary N) is 1. The number of hydrogen-bond donors (Lipinski definition) is 5. The SMILES string of the molecule is CC1=CSC([C@H]2CCCN2C(=O)c2cc(C(N)=O)cc(C(N)OC(N)C(C)(N)Cc3ccccc3)c2)N1. The summed E-state index contributed by atoms with van der Waals surface area (Å²) in [6, 6.07) is 14.4. The molecule has 5 atom stereocenters. The number of carbonyl (C=O) groups excluding carboxylic acids is 2. The highest BCUT2D eigenvalue weighted by molar-refractivity contribution is 8.03. The minimum Gasteiger partial charge on any atom is -0.374 e. The first-order valence-corrected chi connectivity index (χ1v) is 13.3. The van der Waals surface area contributed by atoms with E-state index in [0.717, 1.165) is 24.1 Å². The second-order valence-electron chi connectivity index (χ2n) is 10.1. The van der Waals surface area contributed by atoms with Gasteiger partial charge in [-0.3, -0.25) is 9.59 Å². The molecule has 198 valence electrons. The third kappa shape index (κ3) is 6.34. The van der Waals surface area contributed by atoms with E-state index in [-0.39, 0.29) is 22.9 Å². The second kappa shape index (κ2) is 11.2. The largest absolute Gasteiger partial charge is 0.374 e. The highest BCUT2D eigenvalue weighted by Gasteiger charge is 2.37. The molecule has 2 amide bonds. The monoisotopic (exact) mass is 524 g/mol. The van der Waals surface area contributed by atoms with Gasteiger partial charge in [-0.15, -0.1) is 11.8 Å². The van der Waals surface area contributed by atoms with Gasteiger partial charge in [0.1, 0.15) is 12.5 Å². The van der Waals surface area contributed by atoms with E-state index in [1.807, 2.05) is 42.2 Å². The van der Waals surface area contributed by atoms with Gasteiger partial charge in [-0.25, -0.2) is 0 Å². The van der Waals surface area contributed by atoms with Crippen molar-refractivity contribution in [2.75, 3.05) is 6.54 Å². The smallest absolute Gasteiger partial charge is 0.254 e. The highest BCUT2D eigenvalue weighted by atomic mass is 32.2. The predicted molar refractivity (Wildman–Crippen MR) is 146 cm³/mol. The lowest BCUT2D eigenvalue weighted by atomic mass is 9.92. The fourth-order valence-corrected chi connectivity index (χ4v) is 5.93. The van der Waals surface area contributed by atoms with Crippen LogP contribution in [0.3, 0.4) is 0 Å². The van der Waals surface area contributed by atoms with E-state index in [4.69, 9.17) is 27.7 Å². The van der Waals surface area contributed by atoms with Crippen LogP contribution >= 0.6 is 11.8 Å². The lowest BCUT2D eigenvalue weighted by Gasteiger charge is -2.33. The third-order valence-electron chi connectivity index (χ3n) is 6.86. The number of primary amides is 1. The molecule has 0 aliphatic carbocycles. The van der Waals surface area contributed by atoms with Crippen LogP contribution in [0.1, 0.15) is 64.8 Å². The average Bonchev–Trinajstić information content (AvgIpc) is 3.52. The number of hydrogen-bond acceptors (Lipinski definition) is 8. The van der Waals surface area contributed by atoms with Gasteiger partial charge in [0, 0.05) is 23.4 Å². The van der Waals surface area contributed by atoms with E-state index in [1.165, 1.54) is 12.1 Å². The summed E-state index contributed by atoms with van der Waals surface area (Å²) in [6.07, 6.45) is 0.347. The van der Waals surface area contributed by atoms with Crippen LogP contribution in [0.15, 0.2) is 59.6 Å². The number of carbonyl (C=O) groups is 2. The fourth-order valence-electron chi connectivity index (χ4n) is 4.79. The van der Waals surface area contributed by atoms with Crippen molar-refractivity contribution < 1.29 is 14.3 Å². The number of thioether (sulfide) groups is 1. The van der Waals surface area contributed by atoms with Crippen LogP contribution < -0.4 is 28.3 Å². The van der Waals surface area contributed by atoms with Crippen LogP contribution in [0, 0.1) is 0 Å². The Kier molecular flexibility index (Phi) is 8.25. The molecule has 2 aromatic carbocycles. The van der Waals surface area contributed by atoms with Crippen molar-refractivity contribution in [3.05, 3.63) is 81.9 Å². The first kappa shape index (κ1) is 27.2. The molecule has 1 saturated heterocycles. The van der Waals surface area contributed by atoms with E-state index in [1.54, 1.807) is 24.8 Å². The Morgan fingerprint density at radius 1 is 1.19 bits per heavy atom. The van der Waals surface area contributed by atoms with Gasteiger partial charge in [0.15, 0.2) is 0 Å². The lowest BCUT2D eigenvalue weighted by molar-refractivity contribution is -0.0443. The van der Waals surface area contributed by atoms with Crippen LogP contribution in [0.2, 0.25) is 0 Å². The summed E-state index contributed by atoms with van der Waals surface area (Å²) in [7, 11) is 0. The molecule has 10 heteroatoms. The summed E-state index contributed by atoms with van der Waals surface area (Å²) in [5.41, 5.74) is 26.9. The molecule has 0 aromatic heterocycles. The van der Waals surface area contributed by atoms with E-state index in [0.29, 0.717) is 24.1 Å². The number of ether oxygens (including phenoxy) is 1. The summed E-state index contributed by atoms with van der Waals surface area (Å²) in [5, 5.41) is 5.60. The number of benzene rings is 2. The number of allylic oxidation sites excluding steroid dienone is 1. The van der Waals surface area contributed by atoms with Crippen LogP contribution in [-0.4, -0.2) is 46.4 Å². The van der Waals surface area contributed by atoms with Gasteiger partial charge in [0.2, 0.25) is 5.91 Å². The normalized spacial score (nSPS) is 22.6. The quantitative estimate of drug-likeness (QED) is 0.312. The highest BCUT2D eigenvalue weighted by Crippen LogP contribution is 2.33. The molecule has 2 aliphatic rings.